The zero-order valence-electron chi connectivity index (χ0n) is 11.5. The Morgan fingerprint density at radius 3 is 2.32 bits per heavy atom. The van der Waals surface area contributed by atoms with Crippen LogP contribution in [0, 0.1) is 12.7 Å². The van der Waals surface area contributed by atoms with Crippen LogP contribution in [0.2, 0.25) is 0 Å². The van der Waals surface area contributed by atoms with Gasteiger partial charge in [-0.2, -0.15) is 0 Å². The van der Waals surface area contributed by atoms with Crippen LogP contribution in [-0.2, 0) is 12.8 Å². The van der Waals surface area contributed by atoms with Gasteiger partial charge < -0.3 is 5.73 Å². The summed E-state index contributed by atoms with van der Waals surface area (Å²) < 4.78 is 13.8. The first kappa shape index (κ1) is 13.8. The van der Waals surface area contributed by atoms with Crippen molar-refractivity contribution in [1.29, 1.82) is 0 Å². The first-order valence-corrected chi connectivity index (χ1v) is 6.69. The molecule has 0 bridgehead atoms. The summed E-state index contributed by atoms with van der Waals surface area (Å²) in [5.74, 6) is -0.219. The molecule has 1 atom stereocenters. The molecule has 2 rings (SSSR count). The van der Waals surface area contributed by atoms with Gasteiger partial charge in [0.2, 0.25) is 0 Å². The molecule has 100 valence electrons. The maximum Gasteiger partial charge on any atom is 0.128 e. The van der Waals surface area contributed by atoms with Crippen molar-refractivity contribution in [2.75, 3.05) is 0 Å². The van der Waals surface area contributed by atoms with Crippen molar-refractivity contribution in [3.63, 3.8) is 0 Å². The molecule has 0 aromatic heterocycles. The first-order valence-electron chi connectivity index (χ1n) is 6.69. The average molecular weight is 257 g/mol. The molecule has 1 nitrogen and oxygen atoms in total. The minimum Gasteiger partial charge on any atom is -0.324 e. The molecule has 2 N–H and O–H groups in total. The molecule has 2 aromatic carbocycles. The molecule has 2 aromatic rings. The van der Waals surface area contributed by atoms with Crippen LogP contribution < -0.4 is 5.73 Å². The van der Waals surface area contributed by atoms with Gasteiger partial charge in [-0.3, -0.25) is 0 Å². The molecule has 19 heavy (non-hydrogen) atoms. The van der Waals surface area contributed by atoms with E-state index >= 15 is 0 Å². The van der Waals surface area contributed by atoms with Crippen molar-refractivity contribution >= 4 is 0 Å². The number of nitrogens with two attached hydrogens (primary N) is 1. The third-order valence-corrected chi connectivity index (χ3v) is 3.44. The molecule has 0 heterocycles. The maximum absolute atomic E-state index is 13.8. The van der Waals surface area contributed by atoms with Crippen molar-refractivity contribution in [2.45, 2.75) is 32.7 Å². The number of benzene rings is 2. The summed E-state index contributed by atoms with van der Waals surface area (Å²) >= 11 is 0. The summed E-state index contributed by atoms with van der Waals surface area (Å²) in [5, 5.41) is 0. The lowest BCUT2D eigenvalue weighted by Crippen LogP contribution is -2.15. The molecule has 0 aliphatic carbocycles. The zero-order chi connectivity index (χ0) is 13.8. The van der Waals surface area contributed by atoms with E-state index in [9.17, 15) is 4.39 Å². The van der Waals surface area contributed by atoms with E-state index in [4.69, 9.17) is 5.73 Å². The van der Waals surface area contributed by atoms with Crippen LogP contribution in [0.5, 0.6) is 0 Å². The third-order valence-electron chi connectivity index (χ3n) is 3.44. The molecule has 0 aliphatic heterocycles. The Hall–Kier alpha value is -1.67. The smallest absolute Gasteiger partial charge is 0.128 e. The third kappa shape index (κ3) is 3.42. The van der Waals surface area contributed by atoms with Gasteiger partial charge in [0, 0.05) is 11.6 Å². The SMILES string of the molecule is CCc1ccc(CC(N)c2cc(C)ccc2F)cc1. The second-order valence-electron chi connectivity index (χ2n) is 5.01. The number of hydrogen-bond acceptors (Lipinski definition) is 1. The molecule has 0 aliphatic rings. The fourth-order valence-corrected chi connectivity index (χ4v) is 2.22. The topological polar surface area (TPSA) is 26.0 Å². The second-order valence-corrected chi connectivity index (χ2v) is 5.01. The number of aryl methyl sites for hydroxylation is 2. The summed E-state index contributed by atoms with van der Waals surface area (Å²) in [6, 6.07) is 13.2. The number of rotatable bonds is 4. The Morgan fingerprint density at radius 1 is 1.05 bits per heavy atom. The highest BCUT2D eigenvalue weighted by atomic mass is 19.1. The lowest BCUT2D eigenvalue weighted by Gasteiger charge is -2.14. The van der Waals surface area contributed by atoms with Crippen LogP contribution in [0.15, 0.2) is 42.5 Å². The fraction of sp³-hybridized carbons (Fsp3) is 0.294. The minimum absolute atomic E-state index is 0.219. The van der Waals surface area contributed by atoms with E-state index in [1.165, 1.54) is 11.6 Å². The van der Waals surface area contributed by atoms with Gasteiger partial charge >= 0.3 is 0 Å². The molecular weight excluding hydrogens is 237 g/mol. The van der Waals surface area contributed by atoms with Gasteiger partial charge in [0.25, 0.3) is 0 Å². The molecule has 2 heteroatoms. The van der Waals surface area contributed by atoms with Crippen molar-refractivity contribution in [2.24, 2.45) is 5.73 Å². The molecule has 0 spiro atoms. The monoisotopic (exact) mass is 257 g/mol. The Bertz CT molecular complexity index is 546. The zero-order valence-corrected chi connectivity index (χ0v) is 11.5. The molecule has 0 saturated carbocycles. The molecule has 0 radical (unpaired) electrons. The summed E-state index contributed by atoms with van der Waals surface area (Å²) in [6.45, 7) is 4.08. The largest absolute Gasteiger partial charge is 0.324 e. The quantitative estimate of drug-likeness (QED) is 0.882. The van der Waals surface area contributed by atoms with Crippen molar-refractivity contribution in [3.8, 4) is 0 Å². The van der Waals surface area contributed by atoms with Crippen LogP contribution in [0.25, 0.3) is 0 Å². The fourth-order valence-electron chi connectivity index (χ4n) is 2.22. The van der Waals surface area contributed by atoms with Gasteiger partial charge in [0.05, 0.1) is 0 Å². The second kappa shape index (κ2) is 5.98. The lowest BCUT2D eigenvalue weighted by molar-refractivity contribution is 0.579. The van der Waals surface area contributed by atoms with Crippen LogP contribution in [0.1, 0.15) is 35.2 Å². The maximum atomic E-state index is 13.8. The summed E-state index contributed by atoms with van der Waals surface area (Å²) in [7, 11) is 0. The van der Waals surface area contributed by atoms with E-state index in [0.717, 1.165) is 17.5 Å². The van der Waals surface area contributed by atoms with Gasteiger partial charge in [-0.05, 0) is 37.0 Å². The highest BCUT2D eigenvalue weighted by molar-refractivity contribution is 5.29. The lowest BCUT2D eigenvalue weighted by atomic mass is 9.97. The summed E-state index contributed by atoms with van der Waals surface area (Å²) in [6.07, 6.45) is 1.68. The first-order chi connectivity index (χ1) is 9.10. The van der Waals surface area contributed by atoms with Gasteiger partial charge in [0.15, 0.2) is 0 Å². The average Bonchev–Trinajstić information content (AvgIpc) is 2.42. The summed E-state index contributed by atoms with van der Waals surface area (Å²) in [4.78, 5) is 0. The van der Waals surface area contributed by atoms with Gasteiger partial charge in [-0.1, -0.05) is 48.9 Å². The van der Waals surface area contributed by atoms with Crippen LogP contribution >= 0.6 is 0 Å². The molecule has 1 unspecified atom stereocenters. The molecule has 0 fully saturated rings. The van der Waals surface area contributed by atoms with Gasteiger partial charge in [-0.15, -0.1) is 0 Å². The van der Waals surface area contributed by atoms with Crippen molar-refractivity contribution in [1.82, 2.24) is 0 Å². The normalized spacial score (nSPS) is 12.4. The Morgan fingerprint density at radius 2 is 1.68 bits per heavy atom. The van der Waals surface area contributed by atoms with Crippen molar-refractivity contribution < 1.29 is 4.39 Å². The van der Waals surface area contributed by atoms with Crippen molar-refractivity contribution in [3.05, 3.63) is 70.5 Å². The standard InChI is InChI=1S/C17H20FN/c1-3-13-5-7-14(8-6-13)11-17(19)15-10-12(2)4-9-16(15)18/h4-10,17H,3,11,19H2,1-2H3. The van der Waals surface area contributed by atoms with Crippen LogP contribution in [0.3, 0.4) is 0 Å². The number of halogens is 1. The molecule has 0 amide bonds. The minimum atomic E-state index is -0.299. The summed E-state index contributed by atoms with van der Waals surface area (Å²) in [5.41, 5.74) is 10.2. The van der Waals surface area contributed by atoms with E-state index in [-0.39, 0.29) is 11.9 Å². The molecular formula is C17H20FN. The van der Waals surface area contributed by atoms with E-state index in [2.05, 4.69) is 31.2 Å². The van der Waals surface area contributed by atoms with E-state index in [0.29, 0.717) is 12.0 Å². The van der Waals surface area contributed by atoms with Crippen LogP contribution in [0.4, 0.5) is 4.39 Å². The highest BCUT2D eigenvalue weighted by Gasteiger charge is 2.12. The van der Waals surface area contributed by atoms with Gasteiger partial charge in [-0.25, -0.2) is 4.39 Å². The predicted octanol–water partition coefficient (Wildman–Crippen LogP) is 3.94. The van der Waals surface area contributed by atoms with Gasteiger partial charge in [0.1, 0.15) is 5.82 Å². The van der Waals surface area contributed by atoms with E-state index in [1.807, 2.05) is 13.0 Å². The number of hydrogen-bond donors (Lipinski definition) is 1. The predicted molar refractivity (Wildman–Crippen MR) is 77.6 cm³/mol. The van der Waals surface area contributed by atoms with E-state index < -0.39 is 0 Å². The Labute approximate surface area is 114 Å². The van der Waals surface area contributed by atoms with E-state index in [1.54, 1.807) is 6.07 Å². The van der Waals surface area contributed by atoms with Crippen LogP contribution in [-0.4, -0.2) is 0 Å². The highest BCUT2D eigenvalue weighted by Crippen LogP contribution is 2.20. The Balaban J connectivity index is 2.15. The Kier molecular flexibility index (Phi) is 4.33. The molecule has 0 saturated heterocycles.